The largest absolute Gasteiger partial charge is 0.310 e. The molecule has 4 fully saturated rings. The van der Waals surface area contributed by atoms with Crippen LogP contribution in [0.5, 0.6) is 0 Å². The first kappa shape index (κ1) is 32.1. The van der Waals surface area contributed by atoms with Crippen molar-refractivity contribution in [3.8, 4) is 51.4 Å². The molecule has 1 spiro atoms. The van der Waals surface area contributed by atoms with E-state index in [2.05, 4.69) is 120 Å². The Bertz CT molecular complexity index is 2600. The minimum atomic E-state index is -0.00543. The topological polar surface area (TPSA) is 65.7 Å². The number of nitrogens with zero attached hydrogens (tertiary/aromatic N) is 5. The number of hydrogen-bond acceptors (Lipinski definition) is 5. The highest BCUT2D eigenvalue weighted by Crippen LogP contribution is 2.69. The third-order valence-corrected chi connectivity index (χ3v) is 13.1. The summed E-state index contributed by atoms with van der Waals surface area (Å²) in [7, 11) is 0. The third kappa shape index (κ3) is 5.01. The van der Waals surface area contributed by atoms with E-state index in [1.807, 2.05) is 42.5 Å². The number of aromatic nitrogens is 3. The molecule has 55 heavy (non-hydrogen) atoms. The Kier molecular flexibility index (Phi) is 7.35. The Hall–Kier alpha value is -6.38. The van der Waals surface area contributed by atoms with E-state index in [4.69, 9.17) is 15.0 Å². The summed E-state index contributed by atoms with van der Waals surface area (Å²) in [5.41, 5.74) is 12.0. The van der Waals surface area contributed by atoms with Gasteiger partial charge in [0.25, 0.3) is 0 Å². The molecule has 1 aromatic heterocycles. The van der Waals surface area contributed by atoms with Crippen molar-refractivity contribution in [2.45, 2.75) is 37.5 Å². The van der Waals surface area contributed by atoms with E-state index in [1.165, 1.54) is 54.6 Å². The standard InChI is InChI=1S/C50H39N5/c51-31-38-13-7-8-16-42(38)34-19-21-36(22-20-34)48-52-47(35-11-3-1-4-12-35)53-49(54-48)37-23-24-44-46(30-37)55(41-14-5-2-6-15-41)45-18-10-9-17-43(45)50(44)39-26-32-25-33(28-39)29-40(50)27-32/h1-24,30,32-33,39-40H,25-29H2. The monoisotopic (exact) mass is 709 g/mol. The Balaban J connectivity index is 1.10. The molecule has 0 saturated heterocycles. The molecule has 0 radical (unpaired) electrons. The molecule has 4 aliphatic carbocycles. The lowest BCUT2D eigenvalue weighted by molar-refractivity contribution is -0.0419. The zero-order valence-corrected chi connectivity index (χ0v) is 30.5. The minimum absolute atomic E-state index is 0.00543. The molecule has 4 bridgehead atoms. The lowest BCUT2D eigenvalue weighted by Crippen LogP contribution is -2.57. The quantitative estimate of drug-likeness (QED) is 0.178. The summed E-state index contributed by atoms with van der Waals surface area (Å²) in [6, 6.07) is 55.6. The first-order chi connectivity index (χ1) is 27.2. The molecular weight excluding hydrogens is 671 g/mol. The van der Waals surface area contributed by atoms with E-state index in [9.17, 15) is 5.26 Å². The maximum atomic E-state index is 9.74. The fourth-order valence-electron chi connectivity index (χ4n) is 11.1. The third-order valence-electron chi connectivity index (χ3n) is 13.1. The fraction of sp³-hybridized carbons (Fsp3) is 0.200. The van der Waals surface area contributed by atoms with Crippen LogP contribution >= 0.6 is 0 Å². The number of benzene rings is 6. The van der Waals surface area contributed by atoms with Gasteiger partial charge in [-0.1, -0.05) is 121 Å². The number of hydrogen-bond donors (Lipinski definition) is 0. The highest BCUT2D eigenvalue weighted by Gasteiger charge is 2.61. The number of anilines is 3. The van der Waals surface area contributed by atoms with Crippen LogP contribution in [0, 0.1) is 35.0 Å². The minimum Gasteiger partial charge on any atom is -0.310 e. The Morgan fingerprint density at radius 3 is 1.71 bits per heavy atom. The number of rotatable bonds is 5. The fourth-order valence-corrected chi connectivity index (χ4v) is 11.1. The lowest BCUT2D eigenvalue weighted by atomic mass is 9.41. The van der Waals surface area contributed by atoms with Crippen LogP contribution in [0.2, 0.25) is 0 Å². The number of para-hydroxylation sites is 2. The summed E-state index contributed by atoms with van der Waals surface area (Å²) in [5, 5.41) is 9.74. The van der Waals surface area contributed by atoms with Gasteiger partial charge in [0, 0.05) is 27.8 Å². The molecule has 0 unspecified atom stereocenters. The number of fused-ring (bicyclic) bond motifs is 2. The Morgan fingerprint density at radius 1 is 0.491 bits per heavy atom. The lowest BCUT2D eigenvalue weighted by Gasteiger charge is -2.64. The predicted molar refractivity (Wildman–Crippen MR) is 219 cm³/mol. The van der Waals surface area contributed by atoms with Crippen LogP contribution in [0.1, 0.15) is 48.8 Å². The van der Waals surface area contributed by atoms with Gasteiger partial charge in [-0.3, -0.25) is 0 Å². The molecule has 5 aliphatic rings. The van der Waals surface area contributed by atoms with Gasteiger partial charge in [-0.15, -0.1) is 0 Å². The zero-order chi connectivity index (χ0) is 36.5. The van der Waals surface area contributed by atoms with Crippen LogP contribution in [0.15, 0.2) is 152 Å². The summed E-state index contributed by atoms with van der Waals surface area (Å²) in [4.78, 5) is 17.9. The van der Waals surface area contributed by atoms with Crippen molar-refractivity contribution in [1.82, 2.24) is 15.0 Å². The molecule has 6 aromatic carbocycles. The first-order valence-corrected chi connectivity index (χ1v) is 19.7. The van der Waals surface area contributed by atoms with Crippen molar-refractivity contribution in [3.63, 3.8) is 0 Å². The van der Waals surface area contributed by atoms with Gasteiger partial charge in [0.05, 0.1) is 23.0 Å². The average Bonchev–Trinajstić information content (AvgIpc) is 3.25. The molecule has 2 heterocycles. The maximum Gasteiger partial charge on any atom is 0.164 e. The molecule has 7 aromatic rings. The van der Waals surface area contributed by atoms with Crippen molar-refractivity contribution >= 4 is 17.1 Å². The highest BCUT2D eigenvalue weighted by molar-refractivity contribution is 5.88. The van der Waals surface area contributed by atoms with Gasteiger partial charge in [-0.05, 0) is 108 Å². The summed E-state index contributed by atoms with van der Waals surface area (Å²) in [6.45, 7) is 0. The Morgan fingerprint density at radius 2 is 1.02 bits per heavy atom. The van der Waals surface area contributed by atoms with Crippen LogP contribution in [-0.4, -0.2) is 15.0 Å². The summed E-state index contributed by atoms with van der Waals surface area (Å²) in [6.07, 6.45) is 6.73. The van der Waals surface area contributed by atoms with E-state index in [1.54, 1.807) is 0 Å². The molecule has 0 atom stereocenters. The molecule has 12 rings (SSSR count). The van der Waals surface area contributed by atoms with Crippen LogP contribution in [0.3, 0.4) is 0 Å². The molecule has 5 nitrogen and oxygen atoms in total. The maximum absolute atomic E-state index is 9.74. The van der Waals surface area contributed by atoms with Gasteiger partial charge in [-0.25, -0.2) is 15.0 Å². The van der Waals surface area contributed by atoms with Crippen LogP contribution in [0.4, 0.5) is 17.1 Å². The molecule has 0 N–H and O–H groups in total. The SMILES string of the molecule is N#Cc1ccccc1-c1ccc(-c2nc(-c3ccccc3)nc(-c3ccc4c(c3)N(c3ccccc3)c3ccccc3C43C4CC5CC(C4)CC3C5)n2)cc1. The van der Waals surface area contributed by atoms with E-state index in [0.717, 1.165) is 45.3 Å². The van der Waals surface area contributed by atoms with Gasteiger partial charge in [0.2, 0.25) is 0 Å². The van der Waals surface area contributed by atoms with Crippen LogP contribution < -0.4 is 4.90 Å². The van der Waals surface area contributed by atoms with Crippen molar-refractivity contribution in [2.24, 2.45) is 23.7 Å². The molecular formula is C50H39N5. The second-order valence-electron chi connectivity index (χ2n) is 16.0. The van der Waals surface area contributed by atoms with Crippen molar-refractivity contribution in [2.75, 3.05) is 4.90 Å². The van der Waals surface area contributed by atoms with Gasteiger partial charge in [-0.2, -0.15) is 5.26 Å². The molecule has 264 valence electrons. The average molecular weight is 710 g/mol. The molecule has 4 saturated carbocycles. The number of nitriles is 1. The smallest absolute Gasteiger partial charge is 0.164 e. The zero-order valence-electron chi connectivity index (χ0n) is 30.5. The molecule has 5 heteroatoms. The van der Waals surface area contributed by atoms with E-state index in [0.29, 0.717) is 34.9 Å². The first-order valence-electron chi connectivity index (χ1n) is 19.7. The van der Waals surface area contributed by atoms with Gasteiger partial charge < -0.3 is 4.90 Å². The van der Waals surface area contributed by atoms with Crippen molar-refractivity contribution < 1.29 is 0 Å². The normalized spacial score (nSPS) is 22.9. The highest BCUT2D eigenvalue weighted by atomic mass is 15.2. The van der Waals surface area contributed by atoms with E-state index in [-0.39, 0.29) is 5.41 Å². The summed E-state index contributed by atoms with van der Waals surface area (Å²) in [5.74, 6) is 4.92. The summed E-state index contributed by atoms with van der Waals surface area (Å²) >= 11 is 0. The second kappa shape index (κ2) is 12.6. The molecule has 0 amide bonds. The Labute approximate surface area is 322 Å². The van der Waals surface area contributed by atoms with Crippen molar-refractivity contribution in [1.29, 1.82) is 5.26 Å². The van der Waals surface area contributed by atoms with Gasteiger partial charge >= 0.3 is 0 Å². The predicted octanol–water partition coefficient (Wildman–Crippen LogP) is 11.9. The van der Waals surface area contributed by atoms with Crippen molar-refractivity contribution in [3.05, 3.63) is 168 Å². The second-order valence-corrected chi connectivity index (χ2v) is 16.0. The van der Waals surface area contributed by atoms with Gasteiger partial charge in [0.1, 0.15) is 0 Å². The van der Waals surface area contributed by atoms with E-state index >= 15 is 0 Å². The summed E-state index contributed by atoms with van der Waals surface area (Å²) < 4.78 is 0. The van der Waals surface area contributed by atoms with E-state index < -0.39 is 0 Å². The van der Waals surface area contributed by atoms with Crippen LogP contribution in [0.25, 0.3) is 45.3 Å². The van der Waals surface area contributed by atoms with Gasteiger partial charge in [0.15, 0.2) is 17.5 Å². The van der Waals surface area contributed by atoms with Crippen LogP contribution in [-0.2, 0) is 5.41 Å². The molecule has 1 aliphatic heterocycles.